The van der Waals surface area contributed by atoms with Gasteiger partial charge in [0.05, 0.1) is 11.7 Å². The van der Waals surface area contributed by atoms with Crippen LogP contribution in [0.5, 0.6) is 0 Å². The minimum absolute atomic E-state index is 0.284. The highest BCUT2D eigenvalue weighted by Crippen LogP contribution is 2.43. The molecule has 76 valence electrons. The zero-order chi connectivity index (χ0) is 9.47. The van der Waals surface area contributed by atoms with E-state index in [1.807, 2.05) is 0 Å². The average molecular weight is 183 g/mol. The van der Waals surface area contributed by atoms with E-state index in [2.05, 4.69) is 25.7 Å². The molecule has 0 aromatic heterocycles. The first kappa shape index (κ1) is 9.47. The lowest BCUT2D eigenvalue weighted by molar-refractivity contribution is -0.0951. The van der Waals surface area contributed by atoms with Crippen molar-refractivity contribution in [1.82, 2.24) is 4.90 Å². The van der Waals surface area contributed by atoms with Gasteiger partial charge in [-0.1, -0.05) is 13.8 Å². The number of rotatable bonds is 2. The highest BCUT2D eigenvalue weighted by molar-refractivity contribution is 5.01. The Morgan fingerprint density at radius 3 is 2.69 bits per heavy atom. The van der Waals surface area contributed by atoms with Gasteiger partial charge in [0.1, 0.15) is 0 Å². The molecule has 0 bridgehead atoms. The minimum Gasteiger partial charge on any atom is -0.369 e. The Balaban J connectivity index is 1.89. The van der Waals surface area contributed by atoms with Gasteiger partial charge in [-0.15, -0.1) is 0 Å². The number of nitrogens with zero attached hydrogens (tertiary/aromatic N) is 1. The standard InChI is InChI=1S/C11H21NO/c1-9(2)6-12-7-10(3)13-11(8-12)4-5-11/h9-10H,4-8H2,1-3H3/t10-/m1/s1. The van der Waals surface area contributed by atoms with Crippen molar-refractivity contribution in [2.24, 2.45) is 5.92 Å². The smallest absolute Gasteiger partial charge is 0.0815 e. The maximum atomic E-state index is 5.95. The predicted molar refractivity (Wildman–Crippen MR) is 53.8 cm³/mol. The molecule has 2 fully saturated rings. The molecule has 1 saturated carbocycles. The SMILES string of the molecule is CC(C)CN1C[C@@H](C)OC2(CC2)C1. The highest BCUT2D eigenvalue weighted by Gasteiger charge is 2.49. The van der Waals surface area contributed by atoms with Crippen molar-refractivity contribution in [3.05, 3.63) is 0 Å². The van der Waals surface area contributed by atoms with Gasteiger partial charge in [0, 0.05) is 19.6 Å². The fraction of sp³-hybridized carbons (Fsp3) is 1.00. The number of hydrogen-bond donors (Lipinski definition) is 0. The van der Waals surface area contributed by atoms with E-state index in [0.29, 0.717) is 6.10 Å². The minimum atomic E-state index is 0.284. The molecule has 2 aliphatic rings. The lowest BCUT2D eigenvalue weighted by Crippen LogP contribution is -2.48. The summed E-state index contributed by atoms with van der Waals surface area (Å²) < 4.78 is 5.95. The first-order valence-corrected chi connectivity index (χ1v) is 5.50. The van der Waals surface area contributed by atoms with Crippen LogP contribution in [0.4, 0.5) is 0 Å². The molecular weight excluding hydrogens is 162 g/mol. The highest BCUT2D eigenvalue weighted by atomic mass is 16.5. The van der Waals surface area contributed by atoms with Crippen LogP contribution in [0.2, 0.25) is 0 Å². The lowest BCUT2D eigenvalue weighted by atomic mass is 10.1. The second kappa shape index (κ2) is 3.25. The normalized spacial score (nSPS) is 32.8. The monoisotopic (exact) mass is 183 g/mol. The summed E-state index contributed by atoms with van der Waals surface area (Å²) in [7, 11) is 0. The lowest BCUT2D eigenvalue weighted by Gasteiger charge is -2.38. The van der Waals surface area contributed by atoms with Crippen LogP contribution in [0.15, 0.2) is 0 Å². The Hall–Kier alpha value is -0.0800. The topological polar surface area (TPSA) is 12.5 Å². The van der Waals surface area contributed by atoms with Gasteiger partial charge < -0.3 is 4.74 Å². The molecule has 0 aromatic carbocycles. The van der Waals surface area contributed by atoms with Crippen LogP contribution in [0, 0.1) is 5.92 Å². The van der Waals surface area contributed by atoms with Gasteiger partial charge in [0.2, 0.25) is 0 Å². The zero-order valence-electron chi connectivity index (χ0n) is 9.05. The van der Waals surface area contributed by atoms with Crippen LogP contribution < -0.4 is 0 Å². The van der Waals surface area contributed by atoms with Crippen molar-refractivity contribution < 1.29 is 4.74 Å². The summed E-state index contributed by atoms with van der Waals surface area (Å²) >= 11 is 0. The first-order chi connectivity index (χ1) is 6.10. The third-order valence-electron chi connectivity index (χ3n) is 2.91. The molecule has 0 unspecified atom stereocenters. The van der Waals surface area contributed by atoms with Gasteiger partial charge >= 0.3 is 0 Å². The fourth-order valence-corrected chi connectivity index (χ4v) is 2.41. The molecule has 2 rings (SSSR count). The van der Waals surface area contributed by atoms with Crippen LogP contribution in [-0.4, -0.2) is 36.2 Å². The maximum Gasteiger partial charge on any atom is 0.0815 e. The molecule has 0 aromatic rings. The van der Waals surface area contributed by atoms with Crippen molar-refractivity contribution in [2.75, 3.05) is 19.6 Å². The first-order valence-electron chi connectivity index (χ1n) is 5.50. The number of hydrogen-bond acceptors (Lipinski definition) is 2. The Bertz CT molecular complexity index is 185. The second-order valence-electron chi connectivity index (χ2n) is 5.20. The average Bonchev–Trinajstić information content (AvgIpc) is 2.64. The maximum absolute atomic E-state index is 5.95. The van der Waals surface area contributed by atoms with E-state index in [-0.39, 0.29) is 5.60 Å². The van der Waals surface area contributed by atoms with E-state index in [4.69, 9.17) is 4.74 Å². The van der Waals surface area contributed by atoms with E-state index in [1.165, 1.54) is 25.9 Å². The summed E-state index contributed by atoms with van der Waals surface area (Å²) in [5.74, 6) is 0.779. The van der Waals surface area contributed by atoms with E-state index in [9.17, 15) is 0 Å². The second-order valence-corrected chi connectivity index (χ2v) is 5.20. The molecular formula is C11H21NO. The van der Waals surface area contributed by atoms with Crippen molar-refractivity contribution >= 4 is 0 Å². The van der Waals surface area contributed by atoms with Crippen LogP contribution in [-0.2, 0) is 4.74 Å². The Labute approximate surface area is 81.3 Å². The van der Waals surface area contributed by atoms with Crippen molar-refractivity contribution in [2.45, 2.75) is 45.3 Å². The molecule has 0 N–H and O–H groups in total. The summed E-state index contributed by atoms with van der Waals surface area (Å²) in [6.45, 7) is 10.3. The van der Waals surface area contributed by atoms with Gasteiger partial charge in [-0.3, -0.25) is 4.90 Å². The van der Waals surface area contributed by atoms with Crippen LogP contribution in [0.1, 0.15) is 33.6 Å². The number of morpholine rings is 1. The van der Waals surface area contributed by atoms with Gasteiger partial charge in [0.15, 0.2) is 0 Å². The van der Waals surface area contributed by atoms with Crippen molar-refractivity contribution in [3.63, 3.8) is 0 Å². The fourth-order valence-electron chi connectivity index (χ4n) is 2.41. The summed E-state index contributed by atoms with van der Waals surface area (Å²) in [5.41, 5.74) is 0.284. The largest absolute Gasteiger partial charge is 0.369 e. The van der Waals surface area contributed by atoms with E-state index in [1.54, 1.807) is 0 Å². The Kier molecular flexibility index (Phi) is 2.37. The van der Waals surface area contributed by atoms with Gasteiger partial charge in [-0.05, 0) is 25.7 Å². The van der Waals surface area contributed by atoms with Crippen LogP contribution in [0.3, 0.4) is 0 Å². The van der Waals surface area contributed by atoms with Gasteiger partial charge in [-0.25, -0.2) is 0 Å². The van der Waals surface area contributed by atoms with Crippen LogP contribution in [0.25, 0.3) is 0 Å². The molecule has 0 radical (unpaired) electrons. The molecule has 1 atom stereocenters. The third-order valence-corrected chi connectivity index (χ3v) is 2.91. The molecule has 0 amide bonds. The molecule has 1 aliphatic carbocycles. The molecule has 13 heavy (non-hydrogen) atoms. The third kappa shape index (κ3) is 2.23. The Morgan fingerprint density at radius 2 is 2.15 bits per heavy atom. The summed E-state index contributed by atoms with van der Waals surface area (Å²) in [4.78, 5) is 2.58. The summed E-state index contributed by atoms with van der Waals surface area (Å²) in [6, 6.07) is 0. The molecule has 1 aliphatic heterocycles. The molecule has 2 nitrogen and oxygen atoms in total. The van der Waals surface area contributed by atoms with Crippen LogP contribution >= 0.6 is 0 Å². The van der Waals surface area contributed by atoms with E-state index < -0.39 is 0 Å². The molecule has 1 heterocycles. The summed E-state index contributed by atoms with van der Waals surface area (Å²) in [5, 5.41) is 0. The van der Waals surface area contributed by atoms with E-state index >= 15 is 0 Å². The molecule has 2 heteroatoms. The quantitative estimate of drug-likeness (QED) is 0.648. The summed E-state index contributed by atoms with van der Waals surface area (Å²) in [6.07, 6.45) is 3.01. The van der Waals surface area contributed by atoms with Gasteiger partial charge in [-0.2, -0.15) is 0 Å². The molecule has 1 spiro atoms. The zero-order valence-corrected chi connectivity index (χ0v) is 9.05. The molecule has 1 saturated heterocycles. The number of ether oxygens (including phenoxy) is 1. The van der Waals surface area contributed by atoms with Crippen molar-refractivity contribution in [1.29, 1.82) is 0 Å². The van der Waals surface area contributed by atoms with E-state index in [0.717, 1.165) is 12.5 Å². The van der Waals surface area contributed by atoms with Crippen molar-refractivity contribution in [3.8, 4) is 0 Å². The Morgan fingerprint density at radius 1 is 1.46 bits per heavy atom. The van der Waals surface area contributed by atoms with Gasteiger partial charge in [0.25, 0.3) is 0 Å². The predicted octanol–water partition coefficient (Wildman–Crippen LogP) is 1.90.